The van der Waals surface area contributed by atoms with Gasteiger partial charge in [0.2, 0.25) is 0 Å². The predicted octanol–water partition coefficient (Wildman–Crippen LogP) is 3.65. The van der Waals surface area contributed by atoms with Gasteiger partial charge < -0.3 is 5.32 Å². The zero-order valence-corrected chi connectivity index (χ0v) is 11.8. The Hall–Kier alpha value is -1.74. The van der Waals surface area contributed by atoms with Crippen LogP contribution in [0.2, 0.25) is 0 Å². The molecule has 0 radical (unpaired) electrons. The van der Waals surface area contributed by atoms with Crippen molar-refractivity contribution in [2.24, 2.45) is 0 Å². The summed E-state index contributed by atoms with van der Waals surface area (Å²) in [5, 5.41) is 3.21. The topological polar surface area (TPSA) is 12.0 Å². The van der Waals surface area contributed by atoms with E-state index in [2.05, 4.69) is 30.4 Å². The largest absolute Gasteiger partial charge is 0.316 e. The van der Waals surface area contributed by atoms with Gasteiger partial charge in [0, 0.05) is 12.1 Å². The Bertz CT molecular complexity index is 561. The summed E-state index contributed by atoms with van der Waals surface area (Å²) in [6.45, 7) is 2.06. The number of hydrogen-bond donors (Lipinski definition) is 1. The molecule has 2 rings (SSSR count). The Kier molecular flexibility index (Phi) is 4.85. The molecule has 0 saturated carbocycles. The average molecular weight is 275 g/mol. The van der Waals surface area contributed by atoms with Gasteiger partial charge in [0.1, 0.15) is 11.6 Å². The quantitative estimate of drug-likeness (QED) is 0.878. The molecule has 1 atom stereocenters. The molecule has 0 fully saturated rings. The van der Waals surface area contributed by atoms with Gasteiger partial charge in [-0.2, -0.15) is 0 Å². The first-order chi connectivity index (χ1) is 9.56. The number of benzene rings is 2. The fraction of sp³-hybridized carbons (Fsp3) is 0.294. The highest BCUT2D eigenvalue weighted by Crippen LogP contribution is 2.13. The van der Waals surface area contributed by atoms with Crippen molar-refractivity contribution in [3.05, 3.63) is 70.8 Å². The Morgan fingerprint density at radius 3 is 2.20 bits per heavy atom. The maximum absolute atomic E-state index is 13.2. The molecule has 106 valence electrons. The Morgan fingerprint density at radius 1 is 0.950 bits per heavy atom. The van der Waals surface area contributed by atoms with Crippen molar-refractivity contribution in [1.29, 1.82) is 0 Å². The molecule has 1 unspecified atom stereocenters. The van der Waals surface area contributed by atoms with E-state index in [1.165, 1.54) is 23.3 Å². The van der Waals surface area contributed by atoms with Gasteiger partial charge in [0.25, 0.3) is 0 Å². The average Bonchev–Trinajstić information content (AvgIpc) is 2.36. The zero-order chi connectivity index (χ0) is 14.5. The highest BCUT2D eigenvalue weighted by Gasteiger charge is 2.10. The van der Waals surface area contributed by atoms with Crippen LogP contribution in [0.25, 0.3) is 0 Å². The van der Waals surface area contributed by atoms with Crippen LogP contribution in [0.3, 0.4) is 0 Å². The van der Waals surface area contributed by atoms with Crippen LogP contribution in [0, 0.1) is 18.6 Å². The van der Waals surface area contributed by atoms with E-state index in [4.69, 9.17) is 0 Å². The second kappa shape index (κ2) is 6.62. The van der Waals surface area contributed by atoms with Crippen LogP contribution in [0.1, 0.15) is 16.7 Å². The lowest BCUT2D eigenvalue weighted by Gasteiger charge is -2.17. The summed E-state index contributed by atoms with van der Waals surface area (Å²) in [7, 11) is 1.87. The number of hydrogen-bond acceptors (Lipinski definition) is 1. The minimum absolute atomic E-state index is 0.151. The third-order valence-corrected chi connectivity index (χ3v) is 3.38. The molecule has 0 amide bonds. The maximum Gasteiger partial charge on any atom is 0.126 e. The van der Waals surface area contributed by atoms with Crippen molar-refractivity contribution >= 4 is 0 Å². The van der Waals surface area contributed by atoms with Crippen LogP contribution in [-0.2, 0) is 12.8 Å². The van der Waals surface area contributed by atoms with Gasteiger partial charge in [-0.15, -0.1) is 0 Å². The third kappa shape index (κ3) is 4.14. The first kappa shape index (κ1) is 14.7. The van der Waals surface area contributed by atoms with E-state index in [-0.39, 0.29) is 6.04 Å². The van der Waals surface area contributed by atoms with E-state index in [1.54, 1.807) is 0 Å². The van der Waals surface area contributed by atoms with Gasteiger partial charge in [-0.05, 0) is 50.1 Å². The number of likely N-dealkylation sites (N-methyl/N-ethyl adjacent to an activating group) is 1. The smallest absolute Gasteiger partial charge is 0.126 e. The molecule has 0 spiro atoms. The van der Waals surface area contributed by atoms with Crippen molar-refractivity contribution in [2.75, 3.05) is 7.05 Å². The molecule has 0 heterocycles. The molecule has 0 aromatic heterocycles. The normalized spacial score (nSPS) is 12.4. The molecule has 0 bridgehead atoms. The second-order valence-electron chi connectivity index (χ2n) is 5.16. The van der Waals surface area contributed by atoms with E-state index in [1.807, 2.05) is 13.1 Å². The van der Waals surface area contributed by atoms with Gasteiger partial charge in [0.05, 0.1) is 0 Å². The summed E-state index contributed by atoms with van der Waals surface area (Å²) in [5.74, 6) is -1.05. The van der Waals surface area contributed by atoms with Gasteiger partial charge in [-0.1, -0.05) is 29.8 Å². The summed E-state index contributed by atoms with van der Waals surface area (Å²) in [6.07, 6.45) is 1.43. The minimum Gasteiger partial charge on any atom is -0.316 e. The lowest BCUT2D eigenvalue weighted by molar-refractivity contribution is 0.543. The number of nitrogens with one attached hydrogen (secondary N) is 1. The molecule has 0 saturated heterocycles. The Balaban J connectivity index is 2.09. The van der Waals surface area contributed by atoms with Crippen molar-refractivity contribution < 1.29 is 8.78 Å². The molecule has 3 heteroatoms. The minimum atomic E-state index is -0.523. The highest BCUT2D eigenvalue weighted by atomic mass is 19.1. The SMILES string of the molecule is CNC(Cc1cccc(C)c1)Cc1cc(F)cc(F)c1. The van der Waals surface area contributed by atoms with E-state index in [0.29, 0.717) is 12.0 Å². The molecule has 1 N–H and O–H groups in total. The van der Waals surface area contributed by atoms with Crippen molar-refractivity contribution in [2.45, 2.75) is 25.8 Å². The molecule has 20 heavy (non-hydrogen) atoms. The lowest BCUT2D eigenvalue weighted by atomic mass is 9.98. The standard InChI is InChI=1S/C17H19F2N/c1-12-4-3-5-13(6-12)9-17(20-2)10-14-7-15(18)11-16(19)8-14/h3-8,11,17,20H,9-10H2,1-2H3. The van der Waals surface area contributed by atoms with Crippen LogP contribution in [-0.4, -0.2) is 13.1 Å². The molecule has 1 nitrogen and oxygen atoms in total. The summed E-state index contributed by atoms with van der Waals surface area (Å²) >= 11 is 0. The number of halogens is 2. The zero-order valence-electron chi connectivity index (χ0n) is 11.8. The first-order valence-electron chi connectivity index (χ1n) is 6.74. The van der Waals surface area contributed by atoms with E-state index in [0.717, 1.165) is 12.5 Å². The van der Waals surface area contributed by atoms with E-state index in [9.17, 15) is 8.78 Å². The molecular weight excluding hydrogens is 256 g/mol. The van der Waals surface area contributed by atoms with Crippen LogP contribution in [0.15, 0.2) is 42.5 Å². The number of rotatable bonds is 5. The van der Waals surface area contributed by atoms with Gasteiger partial charge in [-0.25, -0.2) is 8.78 Å². The lowest BCUT2D eigenvalue weighted by Crippen LogP contribution is -2.30. The number of aryl methyl sites for hydroxylation is 1. The van der Waals surface area contributed by atoms with E-state index < -0.39 is 11.6 Å². The molecule has 0 aliphatic carbocycles. The summed E-state index contributed by atoms with van der Waals surface area (Å²) in [5.41, 5.74) is 3.12. The Morgan fingerprint density at radius 2 is 1.60 bits per heavy atom. The van der Waals surface area contributed by atoms with Crippen molar-refractivity contribution in [3.63, 3.8) is 0 Å². The third-order valence-electron chi connectivity index (χ3n) is 3.38. The van der Waals surface area contributed by atoms with Crippen LogP contribution in [0.5, 0.6) is 0 Å². The molecule has 2 aromatic rings. The maximum atomic E-state index is 13.2. The molecular formula is C17H19F2N. The van der Waals surface area contributed by atoms with Gasteiger partial charge >= 0.3 is 0 Å². The van der Waals surface area contributed by atoms with Crippen molar-refractivity contribution in [3.8, 4) is 0 Å². The van der Waals surface area contributed by atoms with Gasteiger partial charge in [-0.3, -0.25) is 0 Å². The molecule has 0 aliphatic heterocycles. The predicted molar refractivity (Wildman–Crippen MR) is 77.8 cm³/mol. The summed E-state index contributed by atoms with van der Waals surface area (Å²) < 4.78 is 26.4. The van der Waals surface area contributed by atoms with Crippen LogP contribution < -0.4 is 5.32 Å². The first-order valence-corrected chi connectivity index (χ1v) is 6.74. The fourth-order valence-corrected chi connectivity index (χ4v) is 2.41. The Labute approximate surface area is 118 Å². The monoisotopic (exact) mass is 275 g/mol. The van der Waals surface area contributed by atoms with Crippen LogP contribution >= 0.6 is 0 Å². The van der Waals surface area contributed by atoms with E-state index >= 15 is 0 Å². The molecule has 0 aliphatic rings. The van der Waals surface area contributed by atoms with Crippen molar-refractivity contribution in [1.82, 2.24) is 5.32 Å². The van der Waals surface area contributed by atoms with Gasteiger partial charge in [0.15, 0.2) is 0 Å². The second-order valence-corrected chi connectivity index (χ2v) is 5.16. The summed E-state index contributed by atoms with van der Waals surface area (Å²) in [4.78, 5) is 0. The highest BCUT2D eigenvalue weighted by molar-refractivity contribution is 5.24. The summed E-state index contributed by atoms with van der Waals surface area (Å²) in [6, 6.07) is 12.1. The fourth-order valence-electron chi connectivity index (χ4n) is 2.41. The molecule has 2 aromatic carbocycles. The van der Waals surface area contributed by atoms with Crippen LogP contribution in [0.4, 0.5) is 8.78 Å².